The first-order chi connectivity index (χ1) is 9.08. The number of carboxylic acids is 1. The second-order valence-corrected chi connectivity index (χ2v) is 5.17. The summed E-state index contributed by atoms with van der Waals surface area (Å²) >= 11 is 5.85. The maximum atomic E-state index is 11.2. The summed E-state index contributed by atoms with van der Waals surface area (Å²) in [6, 6.07) is 3.00. The fourth-order valence-corrected chi connectivity index (χ4v) is 2.43. The maximum Gasteiger partial charge on any atom is 0.339 e. The van der Waals surface area contributed by atoms with Crippen molar-refractivity contribution in [3.05, 3.63) is 22.8 Å². The number of likely N-dealkylation sites (N-methyl/N-ethyl adjacent to an activating group) is 1. The third-order valence-corrected chi connectivity index (χ3v) is 3.59. The number of pyridine rings is 1. The number of rotatable bonds is 5. The number of aromatic nitrogens is 1. The molecule has 1 saturated heterocycles. The van der Waals surface area contributed by atoms with Gasteiger partial charge in [-0.05, 0) is 38.1 Å². The van der Waals surface area contributed by atoms with E-state index in [9.17, 15) is 4.79 Å². The summed E-state index contributed by atoms with van der Waals surface area (Å²) in [5, 5.41) is 9.48. The van der Waals surface area contributed by atoms with Crippen LogP contribution in [-0.4, -0.2) is 54.2 Å². The van der Waals surface area contributed by atoms with Crippen molar-refractivity contribution in [1.29, 1.82) is 0 Å². The Hall–Kier alpha value is -1.33. The molecule has 0 radical (unpaired) electrons. The highest BCUT2D eigenvalue weighted by Gasteiger charge is 2.17. The van der Waals surface area contributed by atoms with Crippen LogP contribution in [0.15, 0.2) is 12.1 Å². The number of anilines is 1. The summed E-state index contributed by atoms with van der Waals surface area (Å²) in [4.78, 5) is 19.5. The minimum atomic E-state index is -0.979. The number of hydrogen-bond acceptors (Lipinski definition) is 4. The zero-order valence-electron chi connectivity index (χ0n) is 11.0. The third kappa shape index (κ3) is 3.58. The van der Waals surface area contributed by atoms with E-state index in [1.165, 1.54) is 25.0 Å². The molecule has 0 bridgehead atoms. The van der Waals surface area contributed by atoms with Crippen molar-refractivity contribution in [3.63, 3.8) is 0 Å². The Kier molecular flexibility index (Phi) is 4.61. The highest BCUT2D eigenvalue weighted by Crippen LogP contribution is 2.20. The number of halogens is 1. The first kappa shape index (κ1) is 14.1. The molecule has 1 aliphatic rings. The molecule has 0 atom stereocenters. The molecular weight excluding hydrogens is 266 g/mol. The van der Waals surface area contributed by atoms with Crippen molar-refractivity contribution in [3.8, 4) is 0 Å². The largest absolute Gasteiger partial charge is 0.478 e. The molecule has 1 fully saturated rings. The smallest absolute Gasteiger partial charge is 0.339 e. The summed E-state index contributed by atoms with van der Waals surface area (Å²) in [6.07, 6.45) is 2.50. The van der Waals surface area contributed by atoms with Crippen LogP contribution in [0.25, 0.3) is 0 Å². The molecule has 0 aliphatic carbocycles. The molecule has 0 spiro atoms. The Morgan fingerprint density at radius 2 is 2.16 bits per heavy atom. The lowest BCUT2D eigenvalue weighted by atomic mass is 10.2. The van der Waals surface area contributed by atoms with E-state index >= 15 is 0 Å². The van der Waals surface area contributed by atoms with Gasteiger partial charge in [0.2, 0.25) is 0 Å². The van der Waals surface area contributed by atoms with Crippen LogP contribution in [0.4, 0.5) is 5.82 Å². The van der Waals surface area contributed by atoms with Crippen molar-refractivity contribution < 1.29 is 9.90 Å². The summed E-state index contributed by atoms with van der Waals surface area (Å²) in [5.74, 6) is -0.550. The van der Waals surface area contributed by atoms with Gasteiger partial charge in [0.1, 0.15) is 16.5 Å². The molecule has 2 heterocycles. The second-order valence-electron chi connectivity index (χ2n) is 4.78. The Balaban J connectivity index is 2.06. The minimum Gasteiger partial charge on any atom is -0.478 e. The number of aromatic carboxylic acids is 1. The Morgan fingerprint density at radius 1 is 1.47 bits per heavy atom. The van der Waals surface area contributed by atoms with Crippen molar-refractivity contribution in [2.75, 3.05) is 38.1 Å². The van der Waals surface area contributed by atoms with Crippen LogP contribution in [0, 0.1) is 0 Å². The molecule has 104 valence electrons. The molecule has 0 unspecified atom stereocenters. The normalized spacial score (nSPS) is 15.7. The lowest BCUT2D eigenvalue weighted by Crippen LogP contribution is -2.32. The number of nitrogens with zero attached hydrogens (tertiary/aromatic N) is 3. The zero-order valence-corrected chi connectivity index (χ0v) is 11.7. The summed E-state index contributed by atoms with van der Waals surface area (Å²) < 4.78 is 0. The number of hydrogen-bond donors (Lipinski definition) is 1. The molecule has 19 heavy (non-hydrogen) atoms. The van der Waals surface area contributed by atoms with E-state index in [4.69, 9.17) is 16.7 Å². The zero-order chi connectivity index (χ0) is 13.8. The van der Waals surface area contributed by atoms with Crippen molar-refractivity contribution in [1.82, 2.24) is 9.88 Å². The van der Waals surface area contributed by atoms with E-state index in [0.717, 1.165) is 26.2 Å². The number of carbonyl (C=O) groups is 1. The predicted molar refractivity (Wildman–Crippen MR) is 75.2 cm³/mol. The third-order valence-electron chi connectivity index (χ3n) is 3.38. The van der Waals surface area contributed by atoms with Crippen molar-refractivity contribution in [2.24, 2.45) is 0 Å². The molecule has 1 aromatic rings. The molecule has 1 N–H and O–H groups in total. The Labute approximate surface area is 117 Å². The Morgan fingerprint density at radius 3 is 2.79 bits per heavy atom. The average Bonchev–Trinajstić information content (AvgIpc) is 2.88. The van der Waals surface area contributed by atoms with Crippen LogP contribution in [0.5, 0.6) is 0 Å². The van der Waals surface area contributed by atoms with Gasteiger partial charge in [0.25, 0.3) is 0 Å². The quantitative estimate of drug-likeness (QED) is 0.837. The van der Waals surface area contributed by atoms with Crippen molar-refractivity contribution >= 4 is 23.4 Å². The highest BCUT2D eigenvalue weighted by atomic mass is 35.5. The standard InChI is InChI=1S/C13H18ClN3O2/c1-16(8-9-17-6-2-3-7-17)12-10(13(18)19)4-5-11(14)15-12/h4-5H,2-3,6-9H2,1H3,(H,18,19). The molecular formula is C13H18ClN3O2. The van der Waals surface area contributed by atoms with Gasteiger partial charge in [-0.2, -0.15) is 0 Å². The topological polar surface area (TPSA) is 56.7 Å². The molecule has 2 rings (SSSR count). The fraction of sp³-hybridized carbons (Fsp3) is 0.538. The van der Waals surface area contributed by atoms with E-state index in [1.54, 1.807) is 0 Å². The highest BCUT2D eigenvalue weighted by molar-refractivity contribution is 6.29. The van der Waals surface area contributed by atoms with E-state index < -0.39 is 5.97 Å². The minimum absolute atomic E-state index is 0.188. The molecule has 0 aromatic carbocycles. The van der Waals surface area contributed by atoms with Gasteiger partial charge in [-0.1, -0.05) is 11.6 Å². The van der Waals surface area contributed by atoms with Crippen LogP contribution in [0.2, 0.25) is 5.15 Å². The van der Waals surface area contributed by atoms with Crippen LogP contribution in [0.1, 0.15) is 23.2 Å². The summed E-state index contributed by atoms with van der Waals surface area (Å²) in [7, 11) is 1.85. The van der Waals surface area contributed by atoms with Crippen molar-refractivity contribution in [2.45, 2.75) is 12.8 Å². The lowest BCUT2D eigenvalue weighted by molar-refractivity contribution is 0.0697. The van der Waals surface area contributed by atoms with E-state index in [0.29, 0.717) is 11.0 Å². The van der Waals surface area contributed by atoms with Gasteiger partial charge in [-0.25, -0.2) is 9.78 Å². The van der Waals surface area contributed by atoms with Gasteiger partial charge in [0.15, 0.2) is 0 Å². The van der Waals surface area contributed by atoms with Crippen LogP contribution >= 0.6 is 11.6 Å². The summed E-state index contributed by atoms with van der Waals surface area (Å²) in [6.45, 7) is 3.92. The maximum absolute atomic E-state index is 11.2. The molecule has 0 saturated carbocycles. The Bertz CT molecular complexity index is 461. The summed E-state index contributed by atoms with van der Waals surface area (Å²) in [5.41, 5.74) is 0.188. The van der Waals surface area contributed by atoms with Gasteiger partial charge in [-0.15, -0.1) is 0 Å². The molecule has 1 aromatic heterocycles. The second kappa shape index (κ2) is 6.21. The van der Waals surface area contributed by atoms with Crippen LogP contribution in [-0.2, 0) is 0 Å². The van der Waals surface area contributed by atoms with Gasteiger partial charge >= 0.3 is 5.97 Å². The molecule has 6 heteroatoms. The van der Waals surface area contributed by atoms with Gasteiger partial charge in [0.05, 0.1) is 0 Å². The van der Waals surface area contributed by atoms with Crippen LogP contribution < -0.4 is 4.90 Å². The first-order valence-electron chi connectivity index (χ1n) is 6.41. The fourth-order valence-electron chi connectivity index (χ4n) is 2.29. The SMILES string of the molecule is CN(CCN1CCCC1)c1nc(Cl)ccc1C(=O)O. The molecule has 1 aliphatic heterocycles. The molecule has 0 amide bonds. The average molecular weight is 284 g/mol. The number of likely N-dealkylation sites (tertiary alicyclic amines) is 1. The predicted octanol–water partition coefficient (Wildman–Crippen LogP) is 1.97. The van der Waals surface area contributed by atoms with Gasteiger partial charge < -0.3 is 14.9 Å². The number of carboxylic acid groups (broad SMARTS) is 1. The van der Waals surface area contributed by atoms with Gasteiger partial charge in [0, 0.05) is 20.1 Å². The monoisotopic (exact) mass is 283 g/mol. The first-order valence-corrected chi connectivity index (χ1v) is 6.79. The lowest BCUT2D eigenvalue weighted by Gasteiger charge is -2.23. The molecule has 5 nitrogen and oxygen atoms in total. The van der Waals surface area contributed by atoms with E-state index in [-0.39, 0.29) is 5.56 Å². The van der Waals surface area contributed by atoms with E-state index in [1.807, 2.05) is 11.9 Å². The van der Waals surface area contributed by atoms with Crippen LogP contribution in [0.3, 0.4) is 0 Å². The van der Waals surface area contributed by atoms with E-state index in [2.05, 4.69) is 9.88 Å². The van der Waals surface area contributed by atoms with Gasteiger partial charge in [-0.3, -0.25) is 0 Å².